The Hall–Kier alpha value is -0.930. The third-order valence-corrected chi connectivity index (χ3v) is 0.124. The zero-order valence-electron chi connectivity index (χ0n) is 2.55. The van der Waals surface area contributed by atoms with Crippen LogP contribution < -0.4 is 5.84 Å². The average molecular weight is 88.1 g/mol. The van der Waals surface area contributed by atoms with Crippen molar-refractivity contribution in [1.82, 2.24) is 0 Å². The fraction of sp³-hybridized carbons (Fsp3) is 0.500. The van der Waals surface area contributed by atoms with Gasteiger partial charge >= 0.3 is 0 Å². The van der Waals surface area contributed by atoms with Crippen LogP contribution in [0.25, 0.3) is 0 Å². The molecule has 0 amide bonds. The summed E-state index contributed by atoms with van der Waals surface area (Å²) in [5.74, 6) is 4.49. The van der Waals surface area contributed by atoms with Crippen LogP contribution in [0.5, 0.6) is 0 Å². The molecule has 0 aliphatic carbocycles. The van der Waals surface area contributed by atoms with Crippen molar-refractivity contribution < 1.29 is 0 Å². The topological polar surface area (TPSA) is 74.6 Å². The summed E-state index contributed by atoms with van der Waals surface area (Å²) in [4.78, 5) is 0. The van der Waals surface area contributed by atoms with E-state index < -0.39 is 0 Å². The normalized spacial score (nSPS) is 7.33. The summed E-state index contributed by atoms with van der Waals surface area (Å²) in [5.41, 5.74) is 6.00. The van der Waals surface area contributed by atoms with Gasteiger partial charge in [0.2, 0.25) is 0 Å². The van der Waals surface area contributed by atoms with Crippen molar-refractivity contribution >= 4 is 6.34 Å². The molecule has 0 heterocycles. The Bertz CT molecular complexity index is 47.5. The van der Waals surface area contributed by atoms with Crippen molar-refractivity contribution in [3.63, 3.8) is 0 Å². The Balaban J connectivity index is 0. The summed E-state index contributed by atoms with van der Waals surface area (Å²) in [6.45, 7) is 0. The highest BCUT2D eigenvalue weighted by Gasteiger charge is 1.43. The fourth-order valence-corrected chi connectivity index (χ4v) is 0.0333. The molecule has 4 nitrogen and oxygen atoms in total. The van der Waals surface area contributed by atoms with Gasteiger partial charge in [0.15, 0.2) is 6.34 Å². The molecule has 0 fully saturated rings. The second-order valence-corrected chi connectivity index (χ2v) is 0.394. The van der Waals surface area contributed by atoms with Crippen LogP contribution in [0.1, 0.15) is 7.43 Å². The molecular formula is C2H8N4. The van der Waals surface area contributed by atoms with Crippen molar-refractivity contribution in [2.45, 2.75) is 7.43 Å². The van der Waals surface area contributed by atoms with E-state index in [4.69, 9.17) is 5.53 Å². The van der Waals surface area contributed by atoms with Crippen molar-refractivity contribution in [1.29, 1.82) is 5.53 Å². The van der Waals surface area contributed by atoms with Gasteiger partial charge in [0.1, 0.15) is 0 Å². The van der Waals surface area contributed by atoms with Crippen LogP contribution in [0.4, 0.5) is 0 Å². The summed E-state index contributed by atoms with van der Waals surface area (Å²) in [7, 11) is 0. The Morgan fingerprint density at radius 3 is 2.17 bits per heavy atom. The van der Waals surface area contributed by atoms with Gasteiger partial charge in [-0.15, -0.1) is 5.11 Å². The van der Waals surface area contributed by atoms with Crippen LogP contribution in [-0.2, 0) is 0 Å². The van der Waals surface area contributed by atoms with Crippen molar-refractivity contribution in [2.75, 3.05) is 0 Å². The molecule has 0 aliphatic heterocycles. The number of hydrogen-bond donors (Lipinski definition) is 2. The first kappa shape index (κ1) is 8.91. The third-order valence-electron chi connectivity index (χ3n) is 0.124. The van der Waals surface area contributed by atoms with Crippen molar-refractivity contribution in [3.8, 4) is 0 Å². The van der Waals surface area contributed by atoms with Gasteiger partial charge in [-0.1, -0.05) is 7.43 Å². The highest BCUT2D eigenvalue weighted by molar-refractivity contribution is 5.52. The molecule has 0 aliphatic rings. The van der Waals surface area contributed by atoms with E-state index in [-0.39, 0.29) is 7.43 Å². The Morgan fingerprint density at radius 1 is 1.67 bits per heavy atom. The van der Waals surface area contributed by atoms with Gasteiger partial charge < -0.3 is 5.84 Å². The molecule has 0 unspecified atom stereocenters. The minimum Gasteiger partial charge on any atom is -0.322 e. The maximum Gasteiger partial charge on any atom is 0.156 e. The van der Waals surface area contributed by atoms with Gasteiger partial charge in [0.25, 0.3) is 0 Å². The van der Waals surface area contributed by atoms with E-state index in [0.717, 1.165) is 6.34 Å². The smallest absolute Gasteiger partial charge is 0.156 e. The molecular weight excluding hydrogens is 80.1 g/mol. The summed E-state index contributed by atoms with van der Waals surface area (Å²) >= 11 is 0. The molecule has 3 N–H and O–H groups in total. The van der Waals surface area contributed by atoms with Crippen LogP contribution in [0, 0.1) is 5.53 Å². The minimum absolute atomic E-state index is 0. The molecule has 0 aromatic carbocycles. The van der Waals surface area contributed by atoms with Crippen LogP contribution in [0.3, 0.4) is 0 Å². The van der Waals surface area contributed by atoms with Crippen molar-refractivity contribution in [2.24, 2.45) is 16.1 Å². The molecule has 6 heavy (non-hydrogen) atoms. The highest BCUT2D eigenvalue weighted by atomic mass is 15.2. The maximum atomic E-state index is 6.00. The quantitative estimate of drug-likeness (QED) is 0.159. The highest BCUT2D eigenvalue weighted by Crippen LogP contribution is 1.44. The van der Waals surface area contributed by atoms with E-state index in [9.17, 15) is 0 Å². The molecule has 0 radical (unpaired) electrons. The lowest BCUT2D eigenvalue weighted by atomic mass is 11.4. The van der Waals surface area contributed by atoms with Crippen LogP contribution >= 0.6 is 0 Å². The molecule has 36 valence electrons. The predicted octanol–water partition coefficient (Wildman–Crippen LogP) is 0.555. The summed E-state index contributed by atoms with van der Waals surface area (Å²) in [5, 5.41) is 5.56. The molecule has 0 spiro atoms. The van der Waals surface area contributed by atoms with E-state index in [0.29, 0.717) is 0 Å². The third kappa shape index (κ3) is 11.5. The molecule has 4 heteroatoms. The largest absolute Gasteiger partial charge is 0.322 e. The van der Waals surface area contributed by atoms with Gasteiger partial charge in [-0.05, 0) is 0 Å². The van der Waals surface area contributed by atoms with E-state index in [1.807, 2.05) is 0 Å². The first-order valence-electron chi connectivity index (χ1n) is 0.998. The zero-order chi connectivity index (χ0) is 4.12. The molecule has 0 atom stereocenters. The van der Waals surface area contributed by atoms with E-state index in [2.05, 4.69) is 16.1 Å². The number of rotatable bonds is 1. The number of hydrazone groups is 1. The van der Waals surface area contributed by atoms with Crippen LogP contribution in [0.15, 0.2) is 10.2 Å². The second kappa shape index (κ2) is 8.95. The van der Waals surface area contributed by atoms with Crippen LogP contribution in [-0.4, -0.2) is 6.34 Å². The molecule has 0 saturated carbocycles. The lowest BCUT2D eigenvalue weighted by molar-refractivity contribution is 1.17. The number of nitrogens with zero attached hydrogens (tertiary/aromatic N) is 2. The van der Waals surface area contributed by atoms with E-state index >= 15 is 0 Å². The molecule has 0 aromatic rings. The predicted molar refractivity (Wildman–Crippen MR) is 24.6 cm³/mol. The van der Waals surface area contributed by atoms with Gasteiger partial charge in [-0.2, -0.15) is 5.10 Å². The Labute approximate surface area is 36.6 Å². The summed E-state index contributed by atoms with van der Waals surface area (Å²) < 4.78 is 0. The van der Waals surface area contributed by atoms with Gasteiger partial charge in [-0.25, -0.2) is 5.53 Å². The molecule has 0 bridgehead atoms. The van der Waals surface area contributed by atoms with Gasteiger partial charge in [0.05, 0.1) is 0 Å². The molecule has 0 saturated heterocycles. The van der Waals surface area contributed by atoms with Crippen LogP contribution in [0.2, 0.25) is 0 Å². The SMILES string of the molecule is C.N=NC=NN. The number of nitrogens with two attached hydrogens (primary N) is 1. The summed E-state index contributed by atoms with van der Waals surface area (Å²) in [6, 6.07) is 0. The van der Waals surface area contributed by atoms with E-state index in [1.165, 1.54) is 0 Å². The average Bonchev–Trinajstić information content (AvgIpc) is 1.41. The second-order valence-electron chi connectivity index (χ2n) is 0.394. The van der Waals surface area contributed by atoms with Crippen molar-refractivity contribution in [3.05, 3.63) is 0 Å². The van der Waals surface area contributed by atoms with Gasteiger partial charge in [0, 0.05) is 0 Å². The summed E-state index contributed by atoms with van der Waals surface area (Å²) in [6.07, 6.45) is 0.944. The van der Waals surface area contributed by atoms with Gasteiger partial charge in [-0.3, -0.25) is 0 Å². The first-order chi connectivity index (χ1) is 2.41. The fourth-order valence-electron chi connectivity index (χ4n) is 0.0333. The first-order valence-corrected chi connectivity index (χ1v) is 0.998. The lowest BCUT2D eigenvalue weighted by Crippen LogP contribution is -1.75. The Kier molecular flexibility index (Phi) is 13.3. The monoisotopic (exact) mass is 88.1 g/mol. The maximum absolute atomic E-state index is 6.00. The zero-order valence-corrected chi connectivity index (χ0v) is 2.55. The molecule has 0 rings (SSSR count). The Morgan fingerprint density at radius 2 is 2.17 bits per heavy atom. The standard InChI is InChI=1S/CH4N4.CH4/c2-4-1-5-3;/h1-2H,3H2;1H4. The molecule has 0 aromatic heterocycles. The number of hydrogen-bond acceptors (Lipinski definition) is 3. The van der Waals surface area contributed by atoms with E-state index in [1.54, 1.807) is 0 Å². The number of nitrogens with one attached hydrogen (secondary N) is 1. The lowest BCUT2D eigenvalue weighted by Gasteiger charge is -1.58. The minimum atomic E-state index is 0.